The standard InChI is InChI=1S/C15H30N2O3/c1-7-15(4,5)17(6)13(20)16-11-10-14(2,3)9-8-12(18)19/h7-11H2,1-6H3,(H,16,20)(H,18,19). The Balaban J connectivity index is 4.17. The fraction of sp³-hybridized carbons (Fsp3) is 0.867. The third-order valence-corrected chi connectivity index (χ3v) is 4.17. The zero-order chi connectivity index (χ0) is 16.0. The molecule has 20 heavy (non-hydrogen) atoms. The van der Waals surface area contributed by atoms with Gasteiger partial charge in [-0.2, -0.15) is 0 Å². The van der Waals surface area contributed by atoms with Crippen molar-refractivity contribution < 1.29 is 14.7 Å². The number of carboxylic acid groups (broad SMARTS) is 1. The molecule has 0 rings (SSSR count). The molecule has 0 aromatic carbocycles. The van der Waals surface area contributed by atoms with Crippen LogP contribution in [0.2, 0.25) is 0 Å². The number of rotatable bonds is 8. The van der Waals surface area contributed by atoms with E-state index in [0.717, 1.165) is 12.8 Å². The van der Waals surface area contributed by atoms with E-state index in [2.05, 4.69) is 12.2 Å². The minimum absolute atomic E-state index is 0.0779. The highest BCUT2D eigenvalue weighted by Gasteiger charge is 2.26. The third kappa shape index (κ3) is 6.78. The summed E-state index contributed by atoms with van der Waals surface area (Å²) in [5, 5.41) is 11.6. The molecule has 5 nitrogen and oxygen atoms in total. The van der Waals surface area contributed by atoms with Gasteiger partial charge in [-0.25, -0.2) is 4.79 Å². The summed E-state index contributed by atoms with van der Waals surface area (Å²) in [6.45, 7) is 10.7. The molecule has 0 aliphatic carbocycles. The fourth-order valence-corrected chi connectivity index (χ4v) is 1.71. The lowest BCUT2D eigenvalue weighted by Gasteiger charge is -2.35. The highest BCUT2D eigenvalue weighted by molar-refractivity contribution is 5.74. The minimum Gasteiger partial charge on any atom is -0.481 e. The first-order chi connectivity index (χ1) is 9.02. The number of nitrogens with one attached hydrogen (secondary N) is 1. The molecule has 2 N–H and O–H groups in total. The Morgan fingerprint density at radius 3 is 2.15 bits per heavy atom. The summed E-state index contributed by atoms with van der Waals surface area (Å²) >= 11 is 0. The number of nitrogens with zero attached hydrogens (tertiary/aromatic N) is 1. The zero-order valence-electron chi connectivity index (χ0n) is 13.7. The average molecular weight is 286 g/mol. The molecule has 0 fully saturated rings. The van der Waals surface area contributed by atoms with Gasteiger partial charge in [-0.3, -0.25) is 4.79 Å². The molecule has 118 valence electrons. The minimum atomic E-state index is -0.772. The monoisotopic (exact) mass is 286 g/mol. The summed E-state index contributed by atoms with van der Waals surface area (Å²) in [7, 11) is 1.80. The van der Waals surface area contributed by atoms with Crippen LogP contribution in [0.5, 0.6) is 0 Å². The maximum absolute atomic E-state index is 12.0. The van der Waals surface area contributed by atoms with Crippen LogP contribution in [-0.2, 0) is 4.79 Å². The van der Waals surface area contributed by atoms with Gasteiger partial charge in [0.1, 0.15) is 0 Å². The molecule has 0 bridgehead atoms. The molecule has 0 aliphatic rings. The summed E-state index contributed by atoms with van der Waals surface area (Å²) in [5.74, 6) is -0.772. The molecular weight excluding hydrogens is 256 g/mol. The van der Waals surface area contributed by atoms with Crippen LogP contribution in [0.25, 0.3) is 0 Å². The van der Waals surface area contributed by atoms with Gasteiger partial charge in [0.2, 0.25) is 0 Å². The average Bonchev–Trinajstić information content (AvgIpc) is 2.35. The number of carbonyl (C=O) groups is 2. The van der Waals surface area contributed by atoms with Gasteiger partial charge in [0.15, 0.2) is 0 Å². The van der Waals surface area contributed by atoms with Crippen LogP contribution in [0.4, 0.5) is 4.79 Å². The van der Waals surface area contributed by atoms with Crippen LogP contribution < -0.4 is 5.32 Å². The zero-order valence-corrected chi connectivity index (χ0v) is 13.7. The molecule has 0 unspecified atom stereocenters. The van der Waals surface area contributed by atoms with E-state index in [4.69, 9.17) is 5.11 Å². The van der Waals surface area contributed by atoms with Crippen LogP contribution in [-0.4, -0.2) is 41.1 Å². The molecule has 0 heterocycles. The molecule has 0 saturated heterocycles. The highest BCUT2D eigenvalue weighted by atomic mass is 16.4. The van der Waals surface area contributed by atoms with Gasteiger partial charge < -0.3 is 15.3 Å². The molecule has 0 saturated carbocycles. The van der Waals surface area contributed by atoms with Gasteiger partial charge in [0.05, 0.1) is 0 Å². The summed E-state index contributed by atoms with van der Waals surface area (Å²) in [6.07, 6.45) is 2.45. The molecule has 0 radical (unpaired) electrons. The Bertz CT molecular complexity index is 338. The summed E-state index contributed by atoms with van der Waals surface area (Å²) in [4.78, 5) is 24.3. The molecule has 0 aliphatic heterocycles. The van der Waals surface area contributed by atoms with E-state index in [0.29, 0.717) is 13.0 Å². The van der Waals surface area contributed by atoms with Crippen molar-refractivity contribution in [1.82, 2.24) is 10.2 Å². The van der Waals surface area contributed by atoms with Crippen molar-refractivity contribution in [2.75, 3.05) is 13.6 Å². The summed E-state index contributed by atoms with van der Waals surface area (Å²) in [5.41, 5.74) is -0.243. The third-order valence-electron chi connectivity index (χ3n) is 4.17. The second kappa shape index (κ2) is 7.50. The second-order valence-electron chi connectivity index (χ2n) is 6.76. The van der Waals surface area contributed by atoms with Gasteiger partial charge in [-0.1, -0.05) is 20.8 Å². The maximum atomic E-state index is 12.0. The Morgan fingerprint density at radius 2 is 1.70 bits per heavy atom. The molecule has 0 spiro atoms. The molecule has 2 amide bonds. The number of urea groups is 1. The number of carboxylic acids is 1. The van der Waals surface area contributed by atoms with Crippen molar-refractivity contribution in [2.24, 2.45) is 5.41 Å². The number of hydrogen-bond acceptors (Lipinski definition) is 2. The first kappa shape index (κ1) is 18.7. The van der Waals surface area contributed by atoms with Crippen LogP contribution in [0.3, 0.4) is 0 Å². The quantitative estimate of drug-likeness (QED) is 0.720. The molecular formula is C15H30N2O3. The number of carbonyl (C=O) groups excluding carboxylic acids is 1. The van der Waals surface area contributed by atoms with Gasteiger partial charge in [0.25, 0.3) is 0 Å². The lowest BCUT2D eigenvalue weighted by molar-refractivity contribution is -0.137. The predicted molar refractivity (Wildman–Crippen MR) is 80.8 cm³/mol. The van der Waals surface area contributed by atoms with Gasteiger partial charge in [-0.15, -0.1) is 0 Å². The smallest absolute Gasteiger partial charge is 0.317 e. The topological polar surface area (TPSA) is 69.6 Å². The van der Waals surface area contributed by atoms with Crippen LogP contribution in [0, 0.1) is 5.41 Å². The number of aliphatic carboxylic acids is 1. The van der Waals surface area contributed by atoms with Crippen LogP contribution in [0.1, 0.15) is 60.3 Å². The SMILES string of the molecule is CCC(C)(C)N(C)C(=O)NCCC(C)(C)CCC(=O)O. The van der Waals surface area contributed by atoms with E-state index in [1.54, 1.807) is 11.9 Å². The lowest BCUT2D eigenvalue weighted by atomic mass is 9.84. The van der Waals surface area contributed by atoms with Crippen molar-refractivity contribution in [3.63, 3.8) is 0 Å². The van der Waals surface area contributed by atoms with Crippen LogP contribution >= 0.6 is 0 Å². The molecule has 0 aromatic heterocycles. The summed E-state index contributed by atoms with van der Waals surface area (Å²) < 4.78 is 0. The van der Waals surface area contributed by atoms with E-state index in [1.165, 1.54) is 0 Å². The Labute approximate surface area is 122 Å². The normalized spacial score (nSPS) is 12.1. The lowest BCUT2D eigenvalue weighted by Crippen LogP contribution is -2.49. The van der Waals surface area contributed by atoms with Crippen molar-refractivity contribution in [3.8, 4) is 0 Å². The van der Waals surface area contributed by atoms with Crippen molar-refractivity contribution in [1.29, 1.82) is 0 Å². The van der Waals surface area contributed by atoms with E-state index in [9.17, 15) is 9.59 Å². The van der Waals surface area contributed by atoms with Gasteiger partial charge in [0, 0.05) is 25.6 Å². The molecule has 0 atom stereocenters. The number of hydrogen-bond donors (Lipinski definition) is 2. The Morgan fingerprint density at radius 1 is 1.15 bits per heavy atom. The van der Waals surface area contributed by atoms with Crippen molar-refractivity contribution >= 4 is 12.0 Å². The van der Waals surface area contributed by atoms with E-state index < -0.39 is 5.97 Å². The molecule has 0 aromatic rings. The summed E-state index contributed by atoms with van der Waals surface area (Å²) in [6, 6.07) is -0.0779. The first-order valence-corrected chi connectivity index (χ1v) is 7.25. The fourth-order valence-electron chi connectivity index (χ4n) is 1.71. The van der Waals surface area contributed by atoms with E-state index in [-0.39, 0.29) is 23.4 Å². The Hall–Kier alpha value is -1.26. The van der Waals surface area contributed by atoms with Crippen LogP contribution in [0.15, 0.2) is 0 Å². The van der Waals surface area contributed by atoms with Crippen molar-refractivity contribution in [3.05, 3.63) is 0 Å². The first-order valence-electron chi connectivity index (χ1n) is 7.25. The largest absolute Gasteiger partial charge is 0.481 e. The Kier molecular flexibility index (Phi) is 7.03. The highest BCUT2D eigenvalue weighted by Crippen LogP contribution is 2.26. The van der Waals surface area contributed by atoms with E-state index >= 15 is 0 Å². The predicted octanol–water partition coefficient (Wildman–Crippen LogP) is 3.10. The van der Waals surface area contributed by atoms with Gasteiger partial charge in [-0.05, 0) is 38.5 Å². The van der Waals surface area contributed by atoms with Gasteiger partial charge >= 0.3 is 12.0 Å². The molecule has 5 heteroatoms. The van der Waals surface area contributed by atoms with E-state index in [1.807, 2.05) is 27.7 Å². The second-order valence-corrected chi connectivity index (χ2v) is 6.76. The maximum Gasteiger partial charge on any atom is 0.317 e. The van der Waals surface area contributed by atoms with Crippen molar-refractivity contribution in [2.45, 2.75) is 65.8 Å². The number of amides is 2.